The molecule has 19 heavy (non-hydrogen) atoms. The first kappa shape index (κ1) is 13.9. The Bertz CT molecular complexity index is 453. The molecule has 1 aliphatic heterocycles. The van der Waals surface area contributed by atoms with Crippen LogP contribution in [0.4, 0.5) is 0 Å². The monoisotopic (exact) mass is 262 g/mol. The fourth-order valence-electron chi connectivity index (χ4n) is 2.50. The molecule has 0 radical (unpaired) electrons. The molecule has 1 aromatic carbocycles. The smallest absolute Gasteiger partial charge is 0.253 e. The lowest BCUT2D eigenvalue weighted by Gasteiger charge is -2.21. The number of carbonyl (C=O) groups is 1. The van der Waals surface area contributed by atoms with Gasteiger partial charge in [-0.25, -0.2) is 0 Å². The van der Waals surface area contributed by atoms with Crippen LogP contribution >= 0.6 is 0 Å². The molecule has 0 aromatic heterocycles. The maximum absolute atomic E-state index is 12.4. The van der Waals surface area contributed by atoms with E-state index < -0.39 is 0 Å². The van der Waals surface area contributed by atoms with Gasteiger partial charge in [0, 0.05) is 25.2 Å². The van der Waals surface area contributed by atoms with Crippen LogP contribution in [0.2, 0.25) is 0 Å². The lowest BCUT2D eigenvalue weighted by atomic mass is 10.1. The molecule has 0 aliphatic carbocycles. The maximum atomic E-state index is 12.4. The minimum atomic E-state index is 0.0481. The fraction of sp³-hybridized carbons (Fsp3) is 0.533. The van der Waals surface area contributed by atoms with Crippen LogP contribution in [0.3, 0.4) is 0 Å². The number of likely N-dealkylation sites (N-methyl/N-ethyl adjacent to an activating group) is 1. The van der Waals surface area contributed by atoms with Crippen LogP contribution in [-0.2, 0) is 0 Å². The summed E-state index contributed by atoms with van der Waals surface area (Å²) in [6.07, 6.45) is 2.35. The van der Waals surface area contributed by atoms with E-state index in [2.05, 4.69) is 5.32 Å². The number of aryl methyl sites for hydroxylation is 1. The molecule has 1 unspecified atom stereocenters. The molecule has 1 N–H and O–H groups in total. The maximum Gasteiger partial charge on any atom is 0.253 e. The molecule has 1 heterocycles. The average molecular weight is 262 g/mol. The summed E-state index contributed by atoms with van der Waals surface area (Å²) >= 11 is 0. The second-order valence-electron chi connectivity index (χ2n) is 5.16. The Balaban J connectivity index is 2.05. The molecule has 1 saturated heterocycles. The Kier molecular flexibility index (Phi) is 4.43. The van der Waals surface area contributed by atoms with Crippen LogP contribution in [0.15, 0.2) is 18.2 Å². The molecule has 4 nitrogen and oxygen atoms in total. The van der Waals surface area contributed by atoms with Gasteiger partial charge in [-0.15, -0.1) is 0 Å². The molecule has 1 atom stereocenters. The fourth-order valence-corrected chi connectivity index (χ4v) is 2.50. The van der Waals surface area contributed by atoms with E-state index in [1.165, 1.54) is 6.42 Å². The first-order valence-corrected chi connectivity index (χ1v) is 6.75. The lowest BCUT2D eigenvalue weighted by Crippen LogP contribution is -2.38. The van der Waals surface area contributed by atoms with Gasteiger partial charge in [0.2, 0.25) is 0 Å². The highest BCUT2D eigenvalue weighted by Crippen LogP contribution is 2.20. The van der Waals surface area contributed by atoms with Crippen molar-refractivity contribution >= 4 is 5.91 Å². The number of carbonyl (C=O) groups excluding carboxylic acids is 1. The summed E-state index contributed by atoms with van der Waals surface area (Å²) in [5, 5.41) is 3.41. The predicted octanol–water partition coefficient (Wildman–Crippen LogP) is 1.83. The van der Waals surface area contributed by atoms with Crippen molar-refractivity contribution in [2.24, 2.45) is 0 Å². The quantitative estimate of drug-likeness (QED) is 0.900. The van der Waals surface area contributed by atoms with E-state index in [1.807, 2.05) is 32.2 Å². The molecule has 2 rings (SSSR count). The van der Waals surface area contributed by atoms with Gasteiger partial charge in [0.25, 0.3) is 5.91 Å². The zero-order chi connectivity index (χ0) is 13.8. The third-order valence-corrected chi connectivity index (χ3v) is 3.66. The molecular weight excluding hydrogens is 240 g/mol. The third-order valence-electron chi connectivity index (χ3n) is 3.66. The number of hydrogen-bond donors (Lipinski definition) is 1. The molecule has 1 fully saturated rings. The second kappa shape index (κ2) is 6.06. The Morgan fingerprint density at radius 2 is 2.32 bits per heavy atom. The second-order valence-corrected chi connectivity index (χ2v) is 5.16. The molecule has 104 valence electrons. The van der Waals surface area contributed by atoms with Gasteiger partial charge in [0.1, 0.15) is 5.75 Å². The SMILES string of the molecule is COc1cc(C(=O)N(C)CC2CCCN2)ccc1C. The Morgan fingerprint density at radius 3 is 2.95 bits per heavy atom. The summed E-state index contributed by atoms with van der Waals surface area (Å²) in [7, 11) is 3.48. The lowest BCUT2D eigenvalue weighted by molar-refractivity contribution is 0.0783. The van der Waals surface area contributed by atoms with E-state index in [0.717, 1.165) is 30.8 Å². The van der Waals surface area contributed by atoms with Gasteiger partial charge in [-0.05, 0) is 44.0 Å². The number of nitrogens with one attached hydrogen (secondary N) is 1. The highest BCUT2D eigenvalue weighted by molar-refractivity contribution is 5.94. The summed E-state index contributed by atoms with van der Waals surface area (Å²) in [4.78, 5) is 14.1. The van der Waals surface area contributed by atoms with Crippen molar-refractivity contribution in [1.29, 1.82) is 0 Å². The van der Waals surface area contributed by atoms with Crippen LogP contribution in [0.5, 0.6) is 5.75 Å². The first-order chi connectivity index (χ1) is 9.11. The van der Waals surface area contributed by atoms with Crippen molar-refractivity contribution in [2.75, 3.05) is 27.2 Å². The van der Waals surface area contributed by atoms with Gasteiger partial charge in [0.15, 0.2) is 0 Å². The Morgan fingerprint density at radius 1 is 1.53 bits per heavy atom. The number of ether oxygens (including phenoxy) is 1. The number of benzene rings is 1. The van der Waals surface area contributed by atoms with Crippen molar-refractivity contribution in [3.63, 3.8) is 0 Å². The van der Waals surface area contributed by atoms with Crippen LogP contribution < -0.4 is 10.1 Å². The van der Waals surface area contributed by atoms with Gasteiger partial charge in [-0.2, -0.15) is 0 Å². The Hall–Kier alpha value is -1.55. The van der Waals surface area contributed by atoms with E-state index in [0.29, 0.717) is 11.6 Å². The normalized spacial score (nSPS) is 18.4. The highest BCUT2D eigenvalue weighted by Gasteiger charge is 2.20. The highest BCUT2D eigenvalue weighted by atomic mass is 16.5. The minimum Gasteiger partial charge on any atom is -0.496 e. The molecular formula is C15H22N2O2. The summed E-state index contributed by atoms with van der Waals surface area (Å²) in [5.74, 6) is 0.810. The van der Waals surface area contributed by atoms with E-state index >= 15 is 0 Å². The predicted molar refractivity (Wildman–Crippen MR) is 75.7 cm³/mol. The van der Waals surface area contributed by atoms with Crippen LogP contribution in [0, 0.1) is 6.92 Å². The molecule has 1 aliphatic rings. The summed E-state index contributed by atoms with van der Waals surface area (Å²) in [6.45, 7) is 3.79. The molecule has 0 bridgehead atoms. The van der Waals surface area contributed by atoms with Gasteiger partial charge >= 0.3 is 0 Å². The molecule has 4 heteroatoms. The number of methoxy groups -OCH3 is 1. The number of rotatable bonds is 4. The number of nitrogens with zero attached hydrogens (tertiary/aromatic N) is 1. The summed E-state index contributed by atoms with van der Waals surface area (Å²) in [5.41, 5.74) is 1.72. The standard InChI is InChI=1S/C15H22N2O2/c1-11-6-7-12(9-14(11)19-3)15(18)17(2)10-13-5-4-8-16-13/h6-7,9,13,16H,4-5,8,10H2,1-3H3. The number of amides is 1. The number of hydrogen-bond acceptors (Lipinski definition) is 3. The van der Waals surface area contributed by atoms with Gasteiger partial charge in [-0.3, -0.25) is 4.79 Å². The van der Waals surface area contributed by atoms with Gasteiger partial charge in [-0.1, -0.05) is 6.07 Å². The molecule has 1 aromatic rings. The van der Waals surface area contributed by atoms with Gasteiger partial charge in [0.05, 0.1) is 7.11 Å². The van der Waals surface area contributed by atoms with E-state index in [4.69, 9.17) is 4.74 Å². The minimum absolute atomic E-state index is 0.0481. The largest absolute Gasteiger partial charge is 0.496 e. The topological polar surface area (TPSA) is 41.6 Å². The Labute approximate surface area is 114 Å². The van der Waals surface area contributed by atoms with Crippen molar-refractivity contribution in [1.82, 2.24) is 10.2 Å². The molecule has 0 spiro atoms. The van der Waals surface area contributed by atoms with Crippen LogP contribution in [0.1, 0.15) is 28.8 Å². The zero-order valence-corrected chi connectivity index (χ0v) is 11.9. The zero-order valence-electron chi connectivity index (χ0n) is 11.9. The van der Waals surface area contributed by atoms with E-state index in [9.17, 15) is 4.79 Å². The van der Waals surface area contributed by atoms with Crippen LogP contribution in [0.25, 0.3) is 0 Å². The van der Waals surface area contributed by atoms with Crippen molar-refractivity contribution < 1.29 is 9.53 Å². The van der Waals surface area contributed by atoms with E-state index in [-0.39, 0.29) is 5.91 Å². The summed E-state index contributed by atoms with van der Waals surface area (Å²) < 4.78 is 5.27. The van der Waals surface area contributed by atoms with Crippen molar-refractivity contribution in [3.8, 4) is 5.75 Å². The first-order valence-electron chi connectivity index (χ1n) is 6.75. The van der Waals surface area contributed by atoms with Crippen molar-refractivity contribution in [2.45, 2.75) is 25.8 Å². The molecule has 0 saturated carbocycles. The average Bonchev–Trinajstić information content (AvgIpc) is 2.91. The molecule has 1 amide bonds. The third kappa shape index (κ3) is 3.26. The van der Waals surface area contributed by atoms with Crippen LogP contribution in [-0.4, -0.2) is 44.1 Å². The van der Waals surface area contributed by atoms with Crippen molar-refractivity contribution in [3.05, 3.63) is 29.3 Å². The van der Waals surface area contributed by atoms with E-state index in [1.54, 1.807) is 12.0 Å². The summed E-state index contributed by atoms with van der Waals surface area (Å²) in [6, 6.07) is 6.03. The van der Waals surface area contributed by atoms with Gasteiger partial charge < -0.3 is 15.0 Å².